The SMILES string of the molecule is COc1cncc([C@H]2O[C@@H](CC(=O)O)C(=O)N(CC3CC3)[C@@H]2c2ccc(Cl)cc2)c1. The van der Waals surface area contributed by atoms with Crippen molar-refractivity contribution in [2.75, 3.05) is 13.7 Å². The molecule has 2 fully saturated rings. The first kappa shape index (κ1) is 20.6. The number of hydrogen-bond donors (Lipinski definition) is 1. The maximum Gasteiger partial charge on any atom is 0.306 e. The van der Waals surface area contributed by atoms with E-state index in [0.717, 1.165) is 24.0 Å². The number of aliphatic carboxylic acids is 1. The number of halogens is 1. The molecule has 1 saturated heterocycles. The summed E-state index contributed by atoms with van der Waals surface area (Å²) in [5, 5.41) is 9.91. The van der Waals surface area contributed by atoms with Crippen LogP contribution < -0.4 is 4.74 Å². The molecule has 1 aromatic heterocycles. The van der Waals surface area contributed by atoms with Crippen LogP contribution in [0.4, 0.5) is 0 Å². The van der Waals surface area contributed by atoms with Gasteiger partial charge in [-0.1, -0.05) is 23.7 Å². The number of carboxylic acid groups (broad SMARTS) is 1. The Bertz CT molecular complexity index is 931. The van der Waals surface area contributed by atoms with Crippen molar-refractivity contribution >= 4 is 23.5 Å². The summed E-state index contributed by atoms with van der Waals surface area (Å²) in [6.45, 7) is 0.569. The zero-order chi connectivity index (χ0) is 21.3. The van der Waals surface area contributed by atoms with Crippen molar-refractivity contribution < 1.29 is 24.2 Å². The van der Waals surface area contributed by atoms with E-state index in [1.54, 1.807) is 36.5 Å². The predicted molar refractivity (Wildman–Crippen MR) is 109 cm³/mol. The average molecular weight is 431 g/mol. The number of carbonyl (C=O) groups excluding carboxylic acids is 1. The number of morpholine rings is 1. The van der Waals surface area contributed by atoms with Crippen LogP contribution in [0.15, 0.2) is 42.7 Å². The summed E-state index contributed by atoms with van der Waals surface area (Å²) in [5.41, 5.74) is 1.59. The summed E-state index contributed by atoms with van der Waals surface area (Å²) in [4.78, 5) is 30.6. The summed E-state index contributed by atoms with van der Waals surface area (Å²) in [5.74, 6) is -0.383. The van der Waals surface area contributed by atoms with Crippen molar-refractivity contribution in [2.24, 2.45) is 5.92 Å². The fourth-order valence-corrected chi connectivity index (χ4v) is 3.98. The van der Waals surface area contributed by atoms with E-state index < -0.39 is 24.2 Å². The van der Waals surface area contributed by atoms with Crippen LogP contribution in [0.5, 0.6) is 5.75 Å². The van der Waals surface area contributed by atoms with Gasteiger partial charge in [0.25, 0.3) is 5.91 Å². The summed E-state index contributed by atoms with van der Waals surface area (Å²) < 4.78 is 11.4. The van der Waals surface area contributed by atoms with Crippen LogP contribution in [0.1, 0.15) is 42.5 Å². The molecule has 0 unspecified atom stereocenters. The Hall–Kier alpha value is -2.64. The Balaban J connectivity index is 1.79. The van der Waals surface area contributed by atoms with Crippen molar-refractivity contribution in [3.63, 3.8) is 0 Å². The largest absolute Gasteiger partial charge is 0.495 e. The van der Waals surface area contributed by atoms with Gasteiger partial charge in [-0.3, -0.25) is 14.6 Å². The molecule has 2 aliphatic rings. The summed E-state index contributed by atoms with van der Waals surface area (Å²) >= 11 is 6.08. The van der Waals surface area contributed by atoms with Gasteiger partial charge in [0.15, 0.2) is 0 Å². The van der Waals surface area contributed by atoms with Crippen molar-refractivity contribution in [2.45, 2.75) is 37.5 Å². The van der Waals surface area contributed by atoms with E-state index in [4.69, 9.17) is 21.1 Å². The van der Waals surface area contributed by atoms with Crippen LogP contribution in [0.2, 0.25) is 5.02 Å². The zero-order valence-corrected chi connectivity index (χ0v) is 17.3. The molecule has 0 radical (unpaired) electrons. The first-order valence-corrected chi connectivity index (χ1v) is 10.3. The highest BCUT2D eigenvalue weighted by atomic mass is 35.5. The second-order valence-electron chi connectivity index (χ2n) is 7.73. The molecule has 2 aromatic rings. The van der Waals surface area contributed by atoms with Crippen LogP contribution in [0.25, 0.3) is 0 Å². The van der Waals surface area contributed by atoms with Gasteiger partial charge in [0, 0.05) is 23.3 Å². The molecule has 3 atom stereocenters. The second kappa shape index (κ2) is 8.62. The predicted octanol–water partition coefficient (Wildman–Crippen LogP) is 3.64. The molecule has 1 aliphatic carbocycles. The lowest BCUT2D eigenvalue weighted by atomic mass is 9.91. The molecular formula is C22H23ClN2O5. The summed E-state index contributed by atoms with van der Waals surface area (Å²) in [6.07, 6.45) is 3.35. The highest BCUT2D eigenvalue weighted by molar-refractivity contribution is 6.30. The van der Waals surface area contributed by atoms with E-state index in [0.29, 0.717) is 23.2 Å². The Morgan fingerprint density at radius 3 is 2.63 bits per heavy atom. The van der Waals surface area contributed by atoms with Gasteiger partial charge >= 0.3 is 5.97 Å². The molecule has 7 nitrogen and oxygen atoms in total. The lowest BCUT2D eigenvalue weighted by molar-refractivity contribution is -0.179. The van der Waals surface area contributed by atoms with Gasteiger partial charge in [-0.25, -0.2) is 0 Å². The minimum atomic E-state index is -1.08. The van der Waals surface area contributed by atoms with Crippen LogP contribution in [0.3, 0.4) is 0 Å². The van der Waals surface area contributed by atoms with E-state index in [-0.39, 0.29) is 12.3 Å². The molecule has 30 heavy (non-hydrogen) atoms. The number of carboxylic acids is 1. The fourth-order valence-electron chi connectivity index (χ4n) is 3.85. The van der Waals surface area contributed by atoms with Gasteiger partial charge in [0.2, 0.25) is 0 Å². The highest BCUT2D eigenvalue weighted by Gasteiger charge is 2.46. The monoisotopic (exact) mass is 430 g/mol. The number of benzene rings is 1. The number of aromatic nitrogens is 1. The Kier molecular flexibility index (Phi) is 5.92. The molecule has 0 bridgehead atoms. The van der Waals surface area contributed by atoms with Crippen LogP contribution >= 0.6 is 11.6 Å². The lowest BCUT2D eigenvalue weighted by Gasteiger charge is -2.44. The van der Waals surface area contributed by atoms with Crippen LogP contribution in [0, 0.1) is 5.92 Å². The fraction of sp³-hybridized carbons (Fsp3) is 0.409. The zero-order valence-electron chi connectivity index (χ0n) is 16.5. The minimum absolute atomic E-state index is 0.295. The topological polar surface area (TPSA) is 89.0 Å². The van der Waals surface area contributed by atoms with Crippen LogP contribution in [-0.4, -0.2) is 46.6 Å². The Labute approximate surface area is 179 Å². The molecule has 1 aromatic carbocycles. The molecule has 2 heterocycles. The number of rotatable bonds is 7. The van der Waals surface area contributed by atoms with E-state index in [1.807, 2.05) is 18.2 Å². The maximum atomic E-state index is 13.2. The number of ether oxygens (including phenoxy) is 2. The van der Waals surface area contributed by atoms with Gasteiger partial charge in [0.1, 0.15) is 18.0 Å². The molecule has 158 valence electrons. The number of hydrogen-bond acceptors (Lipinski definition) is 5. The van der Waals surface area contributed by atoms with Gasteiger partial charge in [-0.2, -0.15) is 0 Å². The maximum absolute atomic E-state index is 13.2. The smallest absolute Gasteiger partial charge is 0.306 e. The third-order valence-corrected chi connectivity index (χ3v) is 5.77. The summed E-state index contributed by atoms with van der Waals surface area (Å²) in [7, 11) is 1.55. The third-order valence-electron chi connectivity index (χ3n) is 5.51. The molecule has 8 heteroatoms. The van der Waals surface area contributed by atoms with Gasteiger partial charge in [-0.05, 0) is 42.5 Å². The second-order valence-corrected chi connectivity index (χ2v) is 8.17. The van der Waals surface area contributed by atoms with Crippen molar-refractivity contribution in [1.82, 2.24) is 9.88 Å². The van der Waals surface area contributed by atoms with Crippen molar-refractivity contribution in [1.29, 1.82) is 0 Å². The number of methoxy groups -OCH3 is 1. The molecule has 1 aliphatic heterocycles. The van der Waals surface area contributed by atoms with E-state index >= 15 is 0 Å². The number of amides is 1. The van der Waals surface area contributed by atoms with E-state index in [1.165, 1.54) is 0 Å². The molecule has 0 spiro atoms. The quantitative estimate of drug-likeness (QED) is 0.721. The normalized spacial score (nSPS) is 24.0. The standard InChI is InChI=1S/C22H23ClN2O5/c1-29-17-8-15(10-24-11-17)21-20(14-4-6-16(23)7-5-14)25(12-13-2-3-13)22(28)18(30-21)9-19(26)27/h4-8,10-11,13,18,20-21H,2-3,9,12H2,1H3,(H,26,27)/t18-,20+,21+/m0/s1. The molecular weight excluding hydrogens is 408 g/mol. The van der Waals surface area contributed by atoms with E-state index in [2.05, 4.69) is 4.98 Å². The number of pyridine rings is 1. The highest BCUT2D eigenvalue weighted by Crippen LogP contribution is 2.45. The van der Waals surface area contributed by atoms with Crippen LogP contribution in [-0.2, 0) is 14.3 Å². The van der Waals surface area contributed by atoms with Crippen molar-refractivity contribution in [3.05, 3.63) is 58.9 Å². The molecule has 1 amide bonds. The Morgan fingerprint density at radius 1 is 1.27 bits per heavy atom. The molecule has 4 rings (SSSR count). The van der Waals surface area contributed by atoms with Gasteiger partial charge in [0.05, 0.1) is 25.8 Å². The van der Waals surface area contributed by atoms with Gasteiger partial charge in [-0.15, -0.1) is 0 Å². The first-order chi connectivity index (χ1) is 14.5. The van der Waals surface area contributed by atoms with E-state index in [9.17, 15) is 14.7 Å². The number of carbonyl (C=O) groups is 2. The third kappa shape index (κ3) is 4.42. The average Bonchev–Trinajstić information content (AvgIpc) is 3.55. The molecule has 1 saturated carbocycles. The molecule has 1 N–H and O–H groups in total. The number of nitrogens with zero attached hydrogens (tertiary/aromatic N) is 2. The first-order valence-electron chi connectivity index (χ1n) is 9.88. The van der Waals surface area contributed by atoms with Gasteiger partial charge < -0.3 is 19.5 Å². The minimum Gasteiger partial charge on any atom is -0.495 e. The lowest BCUT2D eigenvalue weighted by Crippen LogP contribution is -2.52. The summed E-state index contributed by atoms with van der Waals surface area (Å²) in [6, 6.07) is 8.70. The van der Waals surface area contributed by atoms with Crippen molar-refractivity contribution in [3.8, 4) is 5.75 Å². The Morgan fingerprint density at radius 2 is 2.00 bits per heavy atom.